The number of nitrogens with one attached hydrogen (secondary N) is 4. The van der Waals surface area contributed by atoms with Gasteiger partial charge in [0.25, 0.3) is 0 Å². The van der Waals surface area contributed by atoms with E-state index < -0.39 is 35.7 Å². The number of H-pyrrole nitrogens is 1. The summed E-state index contributed by atoms with van der Waals surface area (Å²) in [6.45, 7) is 7.73. The molecule has 52 heavy (non-hydrogen) atoms. The second kappa shape index (κ2) is 10.8. The molecule has 1 unspecified atom stereocenters. The van der Waals surface area contributed by atoms with Gasteiger partial charge in [-0.2, -0.15) is 0 Å². The van der Waals surface area contributed by atoms with Crippen LogP contribution < -0.4 is 26.4 Å². The second-order valence-corrected chi connectivity index (χ2v) is 15.0. The number of carbonyl (C=O) groups excluding carboxylic acids is 2. The Morgan fingerprint density at radius 2 is 1.83 bits per heavy atom. The Bertz CT molecular complexity index is 2470. The van der Waals surface area contributed by atoms with Gasteiger partial charge in [-0.25, -0.2) is 9.97 Å². The Hall–Kier alpha value is -5.88. The summed E-state index contributed by atoms with van der Waals surface area (Å²) in [5.41, 5.74) is 13.0. The van der Waals surface area contributed by atoms with Crippen molar-refractivity contribution in [3.8, 4) is 39.8 Å². The number of nitrogens with zero attached hydrogens (tertiary/aromatic N) is 2. The highest BCUT2D eigenvalue weighted by Crippen LogP contribution is 2.61. The number of rotatable bonds is 4. The zero-order valence-electron chi connectivity index (χ0n) is 29.0. The molecule has 0 radical (unpaired) electrons. The molecule has 0 aliphatic carbocycles. The molecule has 5 atom stereocenters. The predicted molar refractivity (Wildman–Crippen MR) is 193 cm³/mol. The van der Waals surface area contributed by atoms with Crippen LogP contribution in [0.4, 0.5) is 5.69 Å². The van der Waals surface area contributed by atoms with Gasteiger partial charge in [0.05, 0.1) is 12.2 Å². The molecule has 12 heteroatoms. The van der Waals surface area contributed by atoms with Gasteiger partial charge in [-0.3, -0.25) is 9.59 Å². The van der Waals surface area contributed by atoms with Crippen LogP contribution in [0.3, 0.4) is 0 Å². The number of hydrogen-bond donors (Lipinski definition) is 5. The number of oxazole rings is 2. The third-order valence-corrected chi connectivity index (χ3v) is 11.2. The molecule has 10 rings (SSSR count). The Labute approximate surface area is 298 Å². The Morgan fingerprint density at radius 3 is 2.65 bits per heavy atom. The van der Waals surface area contributed by atoms with Crippen molar-refractivity contribution in [1.82, 2.24) is 25.6 Å². The van der Waals surface area contributed by atoms with Gasteiger partial charge in [0.2, 0.25) is 23.6 Å². The molecule has 2 amide bonds. The van der Waals surface area contributed by atoms with Gasteiger partial charge in [-0.1, -0.05) is 70.2 Å². The molecule has 1 spiro atoms. The fraction of sp³-hybridized carbons (Fsp3) is 0.300. The average Bonchev–Trinajstić information content (AvgIpc) is 3.95. The highest BCUT2D eigenvalue weighted by atomic mass is 16.5. The summed E-state index contributed by atoms with van der Waals surface area (Å²) in [5, 5.41) is 10.9. The van der Waals surface area contributed by atoms with E-state index in [4.69, 9.17) is 29.3 Å². The fourth-order valence-corrected chi connectivity index (χ4v) is 8.43. The van der Waals surface area contributed by atoms with Crippen molar-refractivity contribution in [3.05, 3.63) is 95.3 Å². The number of anilines is 1. The number of aromatic nitrogens is 3. The van der Waals surface area contributed by atoms with Crippen LogP contribution in [0, 0.1) is 11.8 Å². The van der Waals surface area contributed by atoms with Gasteiger partial charge in [-0.05, 0) is 35.1 Å². The molecule has 7 heterocycles. The predicted octanol–water partition coefficient (Wildman–Crippen LogP) is 5.77. The molecule has 3 aromatic heterocycles. The van der Waals surface area contributed by atoms with E-state index in [1.165, 1.54) is 0 Å². The number of benzene rings is 3. The summed E-state index contributed by atoms with van der Waals surface area (Å²) in [6, 6.07) is 16.1. The monoisotopic (exact) mass is 695 g/mol. The third-order valence-electron chi connectivity index (χ3n) is 11.2. The van der Waals surface area contributed by atoms with Gasteiger partial charge in [0, 0.05) is 51.5 Å². The summed E-state index contributed by atoms with van der Waals surface area (Å²) in [4.78, 5) is 40.8. The van der Waals surface area contributed by atoms with Crippen LogP contribution in [0.1, 0.15) is 62.1 Å². The van der Waals surface area contributed by atoms with Gasteiger partial charge < -0.3 is 40.2 Å². The van der Waals surface area contributed by atoms with E-state index in [0.717, 1.165) is 50.0 Å². The average molecular weight is 696 g/mol. The van der Waals surface area contributed by atoms with E-state index in [9.17, 15) is 9.59 Å². The van der Waals surface area contributed by atoms with Gasteiger partial charge in [0.1, 0.15) is 23.2 Å². The van der Waals surface area contributed by atoms with E-state index >= 15 is 0 Å². The number of aromatic amines is 1. The molecule has 12 nitrogen and oxygen atoms in total. The summed E-state index contributed by atoms with van der Waals surface area (Å²) in [7, 11) is 0. The van der Waals surface area contributed by atoms with Crippen molar-refractivity contribution in [3.63, 3.8) is 0 Å². The molecule has 0 fully saturated rings. The van der Waals surface area contributed by atoms with E-state index in [1.807, 2.05) is 52.1 Å². The summed E-state index contributed by atoms with van der Waals surface area (Å²) < 4.78 is 20.4. The summed E-state index contributed by atoms with van der Waals surface area (Å²) >= 11 is 0. The summed E-state index contributed by atoms with van der Waals surface area (Å²) in [5.74, 6) is 1.30. The van der Waals surface area contributed by atoms with Crippen molar-refractivity contribution in [2.24, 2.45) is 17.6 Å². The lowest BCUT2D eigenvalue weighted by molar-refractivity contribution is -0.130. The molecule has 262 valence electrons. The highest BCUT2D eigenvalue weighted by Gasteiger charge is 2.61. The van der Waals surface area contributed by atoms with Crippen LogP contribution in [0.5, 0.6) is 5.75 Å². The molecule has 10 bridgehead atoms. The van der Waals surface area contributed by atoms with Crippen LogP contribution in [-0.4, -0.2) is 45.1 Å². The number of fused-ring (bicyclic) bond motifs is 7. The van der Waals surface area contributed by atoms with Crippen LogP contribution in [0.2, 0.25) is 0 Å². The number of carbonyl (C=O) groups is 2. The topological polar surface area (TPSA) is 173 Å². The quantitative estimate of drug-likeness (QED) is 0.153. The smallest absolute Gasteiger partial charge is 0.249 e. The zero-order chi connectivity index (χ0) is 35.6. The maximum Gasteiger partial charge on any atom is 0.249 e. The fourth-order valence-electron chi connectivity index (χ4n) is 8.43. The molecular weight excluding hydrogens is 658 g/mol. The first-order valence-corrected chi connectivity index (χ1v) is 17.8. The van der Waals surface area contributed by atoms with E-state index in [-0.39, 0.29) is 30.1 Å². The number of para-hydroxylation sites is 1. The Kier molecular flexibility index (Phi) is 6.43. The number of ether oxygens (including phenoxy) is 1. The highest BCUT2D eigenvalue weighted by molar-refractivity contribution is 6.07. The molecule has 6 aromatic rings. The lowest BCUT2D eigenvalue weighted by Gasteiger charge is -2.29. The van der Waals surface area contributed by atoms with Crippen LogP contribution >= 0.6 is 0 Å². The minimum absolute atomic E-state index is 0.113. The Balaban J connectivity index is 1.28. The molecular formula is C40H37N7O5. The zero-order valence-corrected chi connectivity index (χ0v) is 29.0. The van der Waals surface area contributed by atoms with Crippen molar-refractivity contribution < 1.29 is 23.2 Å². The van der Waals surface area contributed by atoms with Crippen LogP contribution in [0.25, 0.3) is 44.9 Å². The first kappa shape index (κ1) is 30.9. The van der Waals surface area contributed by atoms with Gasteiger partial charge >= 0.3 is 0 Å². The second-order valence-electron chi connectivity index (χ2n) is 15.0. The largest absolute Gasteiger partial charge is 0.469 e. The van der Waals surface area contributed by atoms with E-state index in [1.54, 1.807) is 6.20 Å². The van der Waals surface area contributed by atoms with Crippen LogP contribution in [0.15, 0.2) is 75.8 Å². The maximum absolute atomic E-state index is 14.2. The number of nitrogens with two attached hydrogens (primary N) is 1. The summed E-state index contributed by atoms with van der Waals surface area (Å²) in [6.07, 6.45) is 3.26. The van der Waals surface area contributed by atoms with E-state index in [2.05, 4.69) is 57.3 Å². The Morgan fingerprint density at radius 1 is 1.00 bits per heavy atom. The van der Waals surface area contributed by atoms with Crippen molar-refractivity contribution >= 4 is 28.4 Å². The molecule has 3 aromatic carbocycles. The minimum atomic E-state index is -1.04. The number of amides is 2. The maximum atomic E-state index is 14.2. The lowest BCUT2D eigenvalue weighted by atomic mass is 9.72. The molecule has 6 N–H and O–H groups in total. The third kappa shape index (κ3) is 4.12. The van der Waals surface area contributed by atoms with Crippen molar-refractivity contribution in [1.29, 1.82) is 0 Å². The van der Waals surface area contributed by atoms with Crippen LogP contribution in [-0.2, 0) is 21.4 Å². The van der Waals surface area contributed by atoms with Gasteiger partial charge in [0.15, 0.2) is 23.4 Å². The standard InChI is InChI=1S/C40H37N7O5/c1-17(2)30(41)36(49)44-26-14-19-11-12-27-24(13-19)40-23-9-5-8-21(32(23)47-39(40)51-27)20-7-6-10-25-29(20)22(15-42-25)28-16-43-37(50-28)33-34(40)52-38(46-33)31(18(3)4)45-35(26)48/h5-13,15-18,26,30-31,39,42,47H,14,41H2,1-4H3,(H,44,49)(H,45,48)/t26-,30-,31-,39?,40-/m0/s1. The first-order valence-electron chi connectivity index (χ1n) is 17.8. The molecule has 0 saturated heterocycles. The van der Waals surface area contributed by atoms with E-state index in [0.29, 0.717) is 28.9 Å². The molecule has 4 aliphatic rings. The van der Waals surface area contributed by atoms with Gasteiger partial charge in [-0.15, -0.1) is 0 Å². The normalized spacial score (nSPS) is 22.6. The lowest BCUT2D eigenvalue weighted by Crippen LogP contribution is -2.54. The first-order chi connectivity index (χ1) is 25.1. The minimum Gasteiger partial charge on any atom is -0.469 e. The molecule has 0 saturated carbocycles. The van der Waals surface area contributed by atoms with Crippen molar-refractivity contribution in [2.45, 2.75) is 63.9 Å². The van der Waals surface area contributed by atoms with Crippen molar-refractivity contribution in [2.75, 3.05) is 5.32 Å². The molecule has 4 aliphatic heterocycles. The SMILES string of the molecule is CC(C)[C@H](N)C(=O)N[C@H]1Cc2ccc3c(c2)[C@]24c5cccc(c5NC2O3)-c2cccc3[nH]cc(c23)-c2cnc(o2)-c2nc(oc24)[C@H](C(C)C)NC1=O. The number of hydrogen-bond acceptors (Lipinski definition) is 9.